The maximum Gasteiger partial charge on any atom is 0.0738 e. The van der Waals surface area contributed by atoms with Gasteiger partial charge in [0.15, 0.2) is 0 Å². The number of hydrogen-bond acceptors (Lipinski definition) is 2. The van der Waals surface area contributed by atoms with Crippen LogP contribution in [0.1, 0.15) is 29.9 Å². The second kappa shape index (κ2) is 6.74. The van der Waals surface area contributed by atoms with E-state index in [0.717, 1.165) is 28.2 Å². The van der Waals surface area contributed by atoms with Crippen LogP contribution in [0.2, 0.25) is 5.02 Å². The molecule has 1 N–H and O–H groups in total. The first-order valence-electron chi connectivity index (χ1n) is 6.71. The Kier molecular flexibility index (Phi) is 5.24. The largest absolute Gasteiger partial charge is 0.313 e. The first-order valence-corrected chi connectivity index (χ1v) is 7.88. The van der Waals surface area contributed by atoms with Crippen molar-refractivity contribution < 1.29 is 0 Å². The molecule has 5 heteroatoms. The molecule has 3 nitrogen and oxygen atoms in total. The lowest BCUT2D eigenvalue weighted by molar-refractivity contribution is 0.540. The summed E-state index contributed by atoms with van der Waals surface area (Å²) in [6.07, 6.45) is 0.882. The van der Waals surface area contributed by atoms with E-state index in [9.17, 15) is 0 Å². The summed E-state index contributed by atoms with van der Waals surface area (Å²) in [5, 5.41) is 8.68. The molecule has 0 aliphatic heterocycles. The Labute approximate surface area is 133 Å². The highest BCUT2D eigenvalue weighted by Crippen LogP contribution is 2.27. The molecule has 1 atom stereocenters. The van der Waals surface area contributed by atoms with Gasteiger partial charge >= 0.3 is 0 Å². The second-order valence-electron chi connectivity index (χ2n) is 4.76. The highest BCUT2D eigenvalue weighted by Gasteiger charge is 2.17. The molecule has 0 radical (unpaired) electrons. The van der Waals surface area contributed by atoms with Crippen molar-refractivity contribution in [2.45, 2.75) is 32.9 Å². The van der Waals surface area contributed by atoms with Gasteiger partial charge in [-0.05, 0) is 54.5 Å². The second-order valence-corrected chi connectivity index (χ2v) is 5.99. The number of aromatic nitrogens is 2. The van der Waals surface area contributed by atoms with E-state index in [2.05, 4.69) is 50.1 Å². The third kappa shape index (κ3) is 3.25. The van der Waals surface area contributed by atoms with E-state index >= 15 is 0 Å². The predicted molar refractivity (Wildman–Crippen MR) is 87.3 cm³/mol. The molecule has 0 aliphatic carbocycles. The molecule has 0 aliphatic rings. The smallest absolute Gasteiger partial charge is 0.0738 e. The van der Waals surface area contributed by atoms with Crippen LogP contribution >= 0.6 is 27.5 Å². The van der Waals surface area contributed by atoms with E-state index in [1.54, 1.807) is 0 Å². The molecule has 1 aromatic heterocycles. The zero-order chi connectivity index (χ0) is 14.7. The van der Waals surface area contributed by atoms with Crippen LogP contribution in [0, 0.1) is 6.92 Å². The fourth-order valence-corrected chi connectivity index (χ4v) is 2.91. The number of hydrogen-bond donors (Lipinski definition) is 1. The van der Waals surface area contributed by atoms with Gasteiger partial charge in [-0.1, -0.05) is 23.7 Å². The molecule has 1 unspecified atom stereocenters. The average molecular weight is 357 g/mol. The summed E-state index contributed by atoms with van der Waals surface area (Å²) in [6.45, 7) is 5.01. The van der Waals surface area contributed by atoms with Gasteiger partial charge in [0.25, 0.3) is 0 Å². The highest BCUT2D eigenvalue weighted by atomic mass is 79.9. The summed E-state index contributed by atoms with van der Waals surface area (Å²) in [4.78, 5) is 0. The lowest BCUT2D eigenvalue weighted by Crippen LogP contribution is -2.20. The molecular weight excluding hydrogens is 338 g/mol. The molecule has 2 aromatic rings. The van der Waals surface area contributed by atoms with Crippen molar-refractivity contribution in [3.05, 3.63) is 50.7 Å². The van der Waals surface area contributed by atoms with E-state index in [0.29, 0.717) is 0 Å². The van der Waals surface area contributed by atoms with Crippen LogP contribution in [0.25, 0.3) is 0 Å². The lowest BCUT2D eigenvalue weighted by Gasteiger charge is -2.18. The Hall–Kier alpha value is -0.840. The summed E-state index contributed by atoms with van der Waals surface area (Å²) in [7, 11) is 1.98. The molecule has 20 heavy (non-hydrogen) atoms. The summed E-state index contributed by atoms with van der Waals surface area (Å²) >= 11 is 9.61. The number of likely N-dealkylation sites (N-methyl/N-ethyl adjacent to an activating group) is 1. The number of nitrogens with zero attached hydrogens (tertiary/aromatic N) is 2. The number of rotatable bonds is 5. The molecule has 108 valence electrons. The predicted octanol–water partition coefficient (Wildman–Crippen LogP) is 4.13. The normalized spacial score (nSPS) is 12.7. The molecular formula is C15H19BrClN3. The van der Waals surface area contributed by atoms with E-state index in [4.69, 9.17) is 11.6 Å². The van der Waals surface area contributed by atoms with Gasteiger partial charge in [0.1, 0.15) is 0 Å². The van der Waals surface area contributed by atoms with Gasteiger partial charge in [-0.3, -0.25) is 4.68 Å². The van der Waals surface area contributed by atoms with Gasteiger partial charge in [-0.25, -0.2) is 0 Å². The van der Waals surface area contributed by atoms with Crippen LogP contribution < -0.4 is 5.32 Å². The molecule has 0 amide bonds. The molecule has 0 fully saturated rings. The maximum atomic E-state index is 5.95. The van der Waals surface area contributed by atoms with Gasteiger partial charge in [-0.2, -0.15) is 5.10 Å². The number of nitrogens with one attached hydrogen (secondary N) is 1. The molecule has 0 bridgehead atoms. The van der Waals surface area contributed by atoms with E-state index in [-0.39, 0.29) is 6.04 Å². The third-order valence-electron chi connectivity index (χ3n) is 3.47. The Bertz CT molecular complexity index is 578. The van der Waals surface area contributed by atoms with Crippen LogP contribution in [0.3, 0.4) is 0 Å². The Morgan fingerprint density at radius 2 is 2.00 bits per heavy atom. The van der Waals surface area contributed by atoms with Gasteiger partial charge in [0.2, 0.25) is 0 Å². The average Bonchev–Trinajstić information content (AvgIpc) is 2.73. The Balaban J connectivity index is 2.28. The van der Waals surface area contributed by atoms with Crippen molar-refractivity contribution in [3.63, 3.8) is 0 Å². The minimum absolute atomic E-state index is 0.241. The van der Waals surface area contributed by atoms with Gasteiger partial charge < -0.3 is 5.32 Å². The van der Waals surface area contributed by atoms with Crippen LogP contribution in [-0.2, 0) is 13.0 Å². The van der Waals surface area contributed by atoms with Crippen molar-refractivity contribution in [1.29, 1.82) is 0 Å². The van der Waals surface area contributed by atoms with Crippen LogP contribution in [0.5, 0.6) is 0 Å². The molecule has 2 rings (SSSR count). The summed E-state index contributed by atoms with van der Waals surface area (Å²) in [5.74, 6) is 0. The number of aryl methyl sites for hydroxylation is 2. The zero-order valence-electron chi connectivity index (χ0n) is 12.0. The first kappa shape index (κ1) is 15.5. The molecule has 1 aromatic carbocycles. The molecule has 0 spiro atoms. The lowest BCUT2D eigenvalue weighted by atomic mass is 10.0. The van der Waals surface area contributed by atoms with Gasteiger partial charge in [-0.15, -0.1) is 0 Å². The Morgan fingerprint density at radius 1 is 1.35 bits per heavy atom. The molecule has 0 saturated carbocycles. The zero-order valence-corrected chi connectivity index (χ0v) is 14.3. The highest BCUT2D eigenvalue weighted by molar-refractivity contribution is 9.10. The summed E-state index contributed by atoms with van der Waals surface area (Å²) in [5.41, 5.74) is 3.48. The van der Waals surface area contributed by atoms with E-state index in [1.807, 2.05) is 26.1 Å². The summed E-state index contributed by atoms with van der Waals surface area (Å²) < 4.78 is 3.16. The molecule has 0 saturated heterocycles. The number of halogens is 2. The minimum Gasteiger partial charge on any atom is -0.313 e. The third-order valence-corrected chi connectivity index (χ3v) is 4.75. The van der Waals surface area contributed by atoms with Gasteiger partial charge in [0.05, 0.1) is 15.9 Å². The topological polar surface area (TPSA) is 29.9 Å². The van der Waals surface area contributed by atoms with Crippen molar-refractivity contribution in [2.24, 2.45) is 0 Å². The minimum atomic E-state index is 0.241. The van der Waals surface area contributed by atoms with Crippen LogP contribution in [0.4, 0.5) is 0 Å². The first-order chi connectivity index (χ1) is 9.56. The SMILES string of the molecule is CCn1nc(C)c(Br)c1CC(NC)c1ccc(Cl)cc1. The van der Waals surface area contributed by atoms with Crippen LogP contribution in [-0.4, -0.2) is 16.8 Å². The monoisotopic (exact) mass is 355 g/mol. The molecule has 1 heterocycles. The fraction of sp³-hybridized carbons (Fsp3) is 0.400. The van der Waals surface area contributed by atoms with E-state index in [1.165, 1.54) is 11.3 Å². The van der Waals surface area contributed by atoms with Crippen molar-refractivity contribution >= 4 is 27.5 Å². The standard InChI is InChI=1S/C15H19BrClN3/c1-4-20-14(15(16)10(2)19-20)9-13(18-3)11-5-7-12(17)8-6-11/h5-8,13,18H,4,9H2,1-3H3. The fourth-order valence-electron chi connectivity index (χ4n) is 2.34. The van der Waals surface area contributed by atoms with Crippen molar-refractivity contribution in [3.8, 4) is 0 Å². The van der Waals surface area contributed by atoms with Crippen molar-refractivity contribution in [2.75, 3.05) is 7.05 Å². The quantitative estimate of drug-likeness (QED) is 0.873. The summed E-state index contributed by atoms with van der Waals surface area (Å²) in [6, 6.07) is 8.23. The van der Waals surface area contributed by atoms with Crippen molar-refractivity contribution in [1.82, 2.24) is 15.1 Å². The van der Waals surface area contributed by atoms with E-state index < -0.39 is 0 Å². The van der Waals surface area contributed by atoms with Crippen LogP contribution in [0.15, 0.2) is 28.7 Å². The van der Waals surface area contributed by atoms with Gasteiger partial charge in [0, 0.05) is 24.0 Å². The number of benzene rings is 1. The maximum absolute atomic E-state index is 5.95. The Morgan fingerprint density at radius 3 is 2.55 bits per heavy atom.